The number of H-pyrrole nitrogens is 1. The molecule has 3 N–H and O–H groups in total. The first-order valence-electron chi connectivity index (χ1n) is 4.68. The molecule has 2 rings (SSSR count). The van der Waals surface area contributed by atoms with Gasteiger partial charge in [-0.1, -0.05) is 0 Å². The molecule has 0 saturated heterocycles. The van der Waals surface area contributed by atoms with E-state index in [0.717, 1.165) is 0 Å². The van der Waals surface area contributed by atoms with Gasteiger partial charge in [0.05, 0.1) is 6.61 Å². The van der Waals surface area contributed by atoms with Crippen LogP contribution in [0.1, 0.15) is 0 Å². The molecular formula is C8H9BrClN5O2. The molecule has 0 aliphatic carbocycles. The van der Waals surface area contributed by atoms with Crippen molar-refractivity contribution in [2.45, 2.75) is 6.73 Å². The summed E-state index contributed by atoms with van der Waals surface area (Å²) in [6.07, 6.45) is 0. The van der Waals surface area contributed by atoms with Crippen LogP contribution in [-0.2, 0) is 11.5 Å². The monoisotopic (exact) mass is 321 g/mol. The zero-order valence-corrected chi connectivity index (χ0v) is 11.0. The Morgan fingerprint density at radius 3 is 3.00 bits per heavy atom. The SMILES string of the molecule is Nc1nc2c(nc(Br)n2COCCCl)c(=O)[nH]1. The van der Waals surface area contributed by atoms with Crippen LogP contribution in [0.2, 0.25) is 0 Å². The number of ether oxygens (including phenoxy) is 1. The number of hydrogen-bond acceptors (Lipinski definition) is 5. The molecule has 2 heterocycles. The molecule has 0 fully saturated rings. The number of nitrogens with one attached hydrogen (secondary N) is 1. The van der Waals surface area contributed by atoms with E-state index in [4.69, 9.17) is 22.1 Å². The Balaban J connectivity index is 2.47. The van der Waals surface area contributed by atoms with Gasteiger partial charge in [0.15, 0.2) is 15.9 Å². The molecule has 0 unspecified atom stereocenters. The summed E-state index contributed by atoms with van der Waals surface area (Å²) in [6, 6.07) is 0. The standard InChI is InChI=1S/C8H9BrClN5O2/c9-7-12-4-5(13-8(11)14-6(4)16)15(7)3-17-2-1-10/h1-3H2,(H3,11,13,14,16). The third kappa shape index (κ3) is 2.43. The minimum absolute atomic E-state index is 0.0356. The van der Waals surface area contributed by atoms with Crippen molar-refractivity contribution in [1.29, 1.82) is 0 Å². The first-order chi connectivity index (χ1) is 8.13. The van der Waals surface area contributed by atoms with Crippen molar-refractivity contribution in [2.75, 3.05) is 18.2 Å². The van der Waals surface area contributed by atoms with Crippen molar-refractivity contribution in [3.8, 4) is 0 Å². The average molecular weight is 323 g/mol. The lowest BCUT2D eigenvalue weighted by Crippen LogP contribution is -2.13. The van der Waals surface area contributed by atoms with Crippen LogP contribution in [0.3, 0.4) is 0 Å². The van der Waals surface area contributed by atoms with Gasteiger partial charge >= 0.3 is 0 Å². The minimum atomic E-state index is -0.385. The molecule has 0 aliphatic heterocycles. The van der Waals surface area contributed by atoms with Crippen LogP contribution in [0, 0.1) is 0 Å². The maximum absolute atomic E-state index is 11.6. The highest BCUT2D eigenvalue weighted by Gasteiger charge is 2.13. The van der Waals surface area contributed by atoms with Crippen LogP contribution in [0.25, 0.3) is 11.2 Å². The number of anilines is 1. The van der Waals surface area contributed by atoms with E-state index in [9.17, 15) is 4.79 Å². The van der Waals surface area contributed by atoms with Crippen LogP contribution in [0.4, 0.5) is 5.95 Å². The Labute approximate surface area is 109 Å². The van der Waals surface area contributed by atoms with Gasteiger partial charge in [-0.05, 0) is 15.9 Å². The Kier molecular flexibility index (Phi) is 3.65. The quantitative estimate of drug-likeness (QED) is 0.490. The van der Waals surface area contributed by atoms with Gasteiger partial charge in [-0.2, -0.15) is 4.98 Å². The number of nitrogens with two attached hydrogens (primary N) is 1. The van der Waals surface area contributed by atoms with E-state index >= 15 is 0 Å². The normalized spacial score (nSPS) is 11.2. The molecule has 0 bridgehead atoms. The molecule has 92 valence electrons. The second kappa shape index (κ2) is 5.03. The summed E-state index contributed by atoms with van der Waals surface area (Å²) >= 11 is 8.72. The maximum atomic E-state index is 11.6. The van der Waals surface area contributed by atoms with Crippen molar-refractivity contribution in [3.05, 3.63) is 15.1 Å². The van der Waals surface area contributed by atoms with Crippen molar-refractivity contribution < 1.29 is 4.74 Å². The second-order valence-electron chi connectivity index (χ2n) is 3.16. The number of aromatic amines is 1. The largest absolute Gasteiger partial charge is 0.369 e. The number of nitrogens with zero attached hydrogens (tertiary/aromatic N) is 3. The highest BCUT2D eigenvalue weighted by molar-refractivity contribution is 9.10. The van der Waals surface area contributed by atoms with E-state index in [0.29, 0.717) is 22.9 Å². The van der Waals surface area contributed by atoms with Gasteiger partial charge < -0.3 is 10.5 Å². The van der Waals surface area contributed by atoms with E-state index in [1.165, 1.54) is 0 Å². The third-order valence-corrected chi connectivity index (χ3v) is 2.78. The number of nitrogen functional groups attached to an aromatic ring is 1. The lowest BCUT2D eigenvalue weighted by Gasteiger charge is -2.05. The number of halogens is 2. The molecule has 0 spiro atoms. The summed E-state index contributed by atoms with van der Waals surface area (Å²) < 4.78 is 7.30. The molecule has 0 aliphatic rings. The smallest absolute Gasteiger partial charge is 0.280 e. The maximum Gasteiger partial charge on any atom is 0.280 e. The lowest BCUT2D eigenvalue weighted by atomic mass is 10.5. The molecule has 0 amide bonds. The first-order valence-corrected chi connectivity index (χ1v) is 6.01. The fourth-order valence-electron chi connectivity index (χ4n) is 1.33. The summed E-state index contributed by atoms with van der Waals surface area (Å²) in [6.45, 7) is 0.589. The van der Waals surface area contributed by atoms with Crippen LogP contribution >= 0.6 is 27.5 Å². The molecule has 0 radical (unpaired) electrons. The predicted molar refractivity (Wildman–Crippen MR) is 66.9 cm³/mol. The summed E-state index contributed by atoms with van der Waals surface area (Å²) in [5.74, 6) is 0.425. The summed E-state index contributed by atoms with van der Waals surface area (Å²) in [5.41, 5.74) is 5.66. The third-order valence-electron chi connectivity index (χ3n) is 2.02. The number of rotatable bonds is 4. The van der Waals surface area contributed by atoms with Crippen molar-refractivity contribution in [3.63, 3.8) is 0 Å². The van der Waals surface area contributed by atoms with Gasteiger partial charge in [0.2, 0.25) is 5.95 Å². The van der Waals surface area contributed by atoms with Gasteiger partial charge in [-0.15, -0.1) is 11.6 Å². The Bertz CT molecular complexity index is 595. The second-order valence-corrected chi connectivity index (χ2v) is 4.25. The fourth-order valence-corrected chi connectivity index (χ4v) is 1.88. The van der Waals surface area contributed by atoms with Crippen LogP contribution in [0.15, 0.2) is 9.53 Å². The van der Waals surface area contributed by atoms with E-state index in [1.54, 1.807) is 4.57 Å². The Hall–Kier alpha value is -1.12. The highest BCUT2D eigenvalue weighted by atomic mass is 79.9. The Morgan fingerprint density at radius 1 is 1.53 bits per heavy atom. The van der Waals surface area contributed by atoms with Crippen LogP contribution in [-0.4, -0.2) is 32.0 Å². The first kappa shape index (κ1) is 12.3. The molecule has 9 heteroatoms. The topological polar surface area (TPSA) is 98.8 Å². The average Bonchev–Trinajstić information content (AvgIpc) is 2.57. The molecule has 0 saturated carbocycles. The Morgan fingerprint density at radius 2 is 2.29 bits per heavy atom. The zero-order chi connectivity index (χ0) is 12.4. The van der Waals surface area contributed by atoms with Crippen LogP contribution in [0.5, 0.6) is 0 Å². The van der Waals surface area contributed by atoms with E-state index in [-0.39, 0.29) is 23.8 Å². The summed E-state index contributed by atoms with van der Waals surface area (Å²) in [7, 11) is 0. The van der Waals surface area contributed by atoms with Gasteiger partial charge in [-0.3, -0.25) is 14.3 Å². The number of imidazole rings is 1. The van der Waals surface area contributed by atoms with Crippen molar-refractivity contribution in [2.24, 2.45) is 0 Å². The molecule has 0 aromatic carbocycles. The molecular weight excluding hydrogens is 313 g/mol. The number of fused-ring (bicyclic) bond motifs is 1. The zero-order valence-electron chi connectivity index (χ0n) is 8.61. The van der Waals surface area contributed by atoms with Crippen LogP contribution < -0.4 is 11.3 Å². The summed E-state index contributed by atoms with van der Waals surface area (Å²) in [4.78, 5) is 22.0. The van der Waals surface area contributed by atoms with E-state index in [1.807, 2.05) is 0 Å². The number of alkyl halides is 1. The minimum Gasteiger partial charge on any atom is -0.369 e. The number of hydrogen-bond donors (Lipinski definition) is 2. The highest BCUT2D eigenvalue weighted by Crippen LogP contribution is 2.16. The van der Waals surface area contributed by atoms with Crippen molar-refractivity contribution in [1.82, 2.24) is 19.5 Å². The van der Waals surface area contributed by atoms with Gasteiger partial charge in [0, 0.05) is 5.88 Å². The lowest BCUT2D eigenvalue weighted by molar-refractivity contribution is 0.0901. The molecule has 17 heavy (non-hydrogen) atoms. The van der Waals surface area contributed by atoms with Gasteiger partial charge in [0.25, 0.3) is 5.56 Å². The van der Waals surface area contributed by atoms with Gasteiger partial charge in [-0.25, -0.2) is 4.98 Å². The predicted octanol–water partition coefficient (Wildman–Crippen LogP) is 0.677. The summed E-state index contributed by atoms with van der Waals surface area (Å²) in [5, 5.41) is 0. The number of aromatic nitrogens is 4. The van der Waals surface area contributed by atoms with Gasteiger partial charge in [0.1, 0.15) is 6.73 Å². The fraction of sp³-hybridized carbons (Fsp3) is 0.375. The van der Waals surface area contributed by atoms with E-state index in [2.05, 4.69) is 30.9 Å². The molecule has 2 aromatic rings. The van der Waals surface area contributed by atoms with Crippen molar-refractivity contribution >= 4 is 44.6 Å². The van der Waals surface area contributed by atoms with E-state index < -0.39 is 0 Å². The molecule has 7 nitrogen and oxygen atoms in total. The molecule has 2 aromatic heterocycles. The molecule has 0 atom stereocenters.